The molecule has 0 spiro atoms. The minimum atomic E-state index is -0.520. The Bertz CT molecular complexity index is 380. The van der Waals surface area contributed by atoms with Crippen LogP contribution in [-0.4, -0.2) is 22.5 Å². The maximum absolute atomic E-state index is 10.5. The van der Waals surface area contributed by atoms with Crippen LogP contribution in [0.4, 0.5) is 5.88 Å². The first-order valence-electron chi connectivity index (χ1n) is 6.06. The molecule has 18 heavy (non-hydrogen) atoms. The second kappa shape index (κ2) is 6.80. The Kier molecular flexibility index (Phi) is 5.68. The molecule has 102 valence electrons. The van der Waals surface area contributed by atoms with E-state index in [9.17, 15) is 10.1 Å². The van der Waals surface area contributed by atoms with Crippen LogP contribution in [0.5, 0.6) is 0 Å². The van der Waals surface area contributed by atoms with Crippen LogP contribution < -0.4 is 5.32 Å². The molecule has 1 N–H and O–H groups in total. The van der Waals surface area contributed by atoms with E-state index in [0.29, 0.717) is 12.3 Å². The van der Waals surface area contributed by atoms with Gasteiger partial charge in [-0.2, -0.15) is 11.8 Å². The van der Waals surface area contributed by atoms with E-state index in [0.717, 1.165) is 19.4 Å². The molecule has 0 aliphatic rings. The summed E-state index contributed by atoms with van der Waals surface area (Å²) >= 11 is 1.86. The molecule has 6 heteroatoms. The Hall–Kier alpha value is -1.01. The second-order valence-electron chi connectivity index (χ2n) is 4.19. The quantitative estimate of drug-likeness (QED) is 0.581. The third kappa shape index (κ3) is 3.74. The minimum Gasteiger partial charge on any atom is -0.404 e. The number of furan rings is 1. The highest BCUT2D eigenvalue weighted by molar-refractivity contribution is 8.00. The summed E-state index contributed by atoms with van der Waals surface area (Å²) in [7, 11) is 0. The summed E-state index contributed by atoms with van der Waals surface area (Å²) in [6.07, 6.45) is 4.30. The Morgan fingerprint density at radius 3 is 2.56 bits per heavy atom. The fourth-order valence-corrected chi connectivity index (χ4v) is 2.66. The number of hydrogen-bond donors (Lipinski definition) is 1. The molecule has 0 aromatic carbocycles. The number of hydrogen-bond acceptors (Lipinski definition) is 5. The first-order valence-corrected chi connectivity index (χ1v) is 7.28. The van der Waals surface area contributed by atoms with Crippen molar-refractivity contribution < 1.29 is 9.34 Å². The summed E-state index contributed by atoms with van der Waals surface area (Å²) in [6.45, 7) is 5.75. The van der Waals surface area contributed by atoms with Crippen LogP contribution in [0.2, 0.25) is 0 Å². The van der Waals surface area contributed by atoms with Gasteiger partial charge in [0.15, 0.2) is 0 Å². The smallest absolute Gasteiger partial charge is 0.404 e. The Labute approximate surface area is 111 Å². The van der Waals surface area contributed by atoms with Crippen molar-refractivity contribution in [3.05, 3.63) is 28.0 Å². The molecule has 0 unspecified atom stereocenters. The highest BCUT2D eigenvalue weighted by atomic mass is 32.2. The SMILES string of the molecule is CCC(CC)(CNCc1ccc([N+](=O)[O-])o1)SC. The number of nitro groups is 1. The van der Waals surface area contributed by atoms with E-state index in [1.807, 2.05) is 11.8 Å². The zero-order chi connectivity index (χ0) is 13.6. The highest BCUT2D eigenvalue weighted by Crippen LogP contribution is 2.29. The van der Waals surface area contributed by atoms with Gasteiger partial charge in [0.25, 0.3) is 0 Å². The fraction of sp³-hybridized carbons (Fsp3) is 0.667. The van der Waals surface area contributed by atoms with Crippen LogP contribution in [-0.2, 0) is 6.54 Å². The number of nitrogens with one attached hydrogen (secondary N) is 1. The molecule has 0 aliphatic heterocycles. The third-order valence-electron chi connectivity index (χ3n) is 3.30. The van der Waals surface area contributed by atoms with Gasteiger partial charge in [-0.1, -0.05) is 13.8 Å². The molecule has 0 saturated heterocycles. The zero-order valence-electron chi connectivity index (χ0n) is 11.1. The highest BCUT2D eigenvalue weighted by Gasteiger charge is 2.24. The fourth-order valence-electron chi connectivity index (χ4n) is 1.83. The zero-order valence-corrected chi connectivity index (χ0v) is 11.9. The molecule has 0 atom stereocenters. The lowest BCUT2D eigenvalue weighted by atomic mass is 10.0. The number of rotatable bonds is 8. The molecule has 0 aliphatic carbocycles. The van der Waals surface area contributed by atoms with Gasteiger partial charge in [0, 0.05) is 11.3 Å². The second-order valence-corrected chi connectivity index (χ2v) is 5.47. The number of thioether (sulfide) groups is 1. The Morgan fingerprint density at radius 2 is 2.11 bits per heavy atom. The largest absolute Gasteiger partial charge is 0.433 e. The summed E-state index contributed by atoms with van der Waals surface area (Å²) in [5.41, 5.74) is 0. The van der Waals surface area contributed by atoms with Crippen molar-refractivity contribution in [3.8, 4) is 0 Å². The van der Waals surface area contributed by atoms with E-state index in [1.54, 1.807) is 6.07 Å². The average Bonchev–Trinajstić information content (AvgIpc) is 2.84. The lowest BCUT2D eigenvalue weighted by Gasteiger charge is -2.29. The monoisotopic (exact) mass is 272 g/mol. The summed E-state index contributed by atoms with van der Waals surface area (Å²) in [6, 6.07) is 3.03. The molecule has 0 amide bonds. The van der Waals surface area contributed by atoms with Crippen LogP contribution >= 0.6 is 11.8 Å². The maximum Gasteiger partial charge on any atom is 0.433 e. The van der Waals surface area contributed by atoms with Crippen molar-refractivity contribution in [2.75, 3.05) is 12.8 Å². The van der Waals surface area contributed by atoms with E-state index >= 15 is 0 Å². The molecule has 0 bridgehead atoms. The van der Waals surface area contributed by atoms with Gasteiger partial charge in [-0.05, 0) is 25.2 Å². The van der Waals surface area contributed by atoms with Crippen LogP contribution in [0.1, 0.15) is 32.4 Å². The molecule has 0 fully saturated rings. The van der Waals surface area contributed by atoms with Crippen molar-refractivity contribution in [3.63, 3.8) is 0 Å². The standard InChI is InChI=1S/C12H20N2O3S/c1-4-12(5-2,18-3)9-13-8-10-6-7-11(17-10)14(15)16/h6-7,13H,4-5,8-9H2,1-3H3. The van der Waals surface area contributed by atoms with E-state index in [4.69, 9.17) is 4.42 Å². The molecule has 1 aromatic rings. The van der Waals surface area contributed by atoms with Crippen molar-refractivity contribution in [2.45, 2.75) is 38.0 Å². The molecular weight excluding hydrogens is 252 g/mol. The summed E-state index contributed by atoms with van der Waals surface area (Å²) in [5.74, 6) is 0.401. The van der Waals surface area contributed by atoms with Gasteiger partial charge in [-0.3, -0.25) is 10.1 Å². The summed E-state index contributed by atoms with van der Waals surface area (Å²) < 4.78 is 5.33. The lowest BCUT2D eigenvalue weighted by Crippen LogP contribution is -2.36. The van der Waals surface area contributed by atoms with Gasteiger partial charge < -0.3 is 9.73 Å². The normalized spacial score (nSPS) is 11.7. The van der Waals surface area contributed by atoms with Gasteiger partial charge in [0.1, 0.15) is 10.7 Å². The molecule has 0 saturated carbocycles. The van der Waals surface area contributed by atoms with E-state index in [2.05, 4.69) is 25.4 Å². The van der Waals surface area contributed by atoms with Gasteiger partial charge >= 0.3 is 5.88 Å². The van der Waals surface area contributed by atoms with Crippen LogP contribution in [0.15, 0.2) is 16.5 Å². The van der Waals surface area contributed by atoms with Crippen molar-refractivity contribution in [1.82, 2.24) is 5.32 Å². The summed E-state index contributed by atoms with van der Waals surface area (Å²) in [4.78, 5) is 9.95. The topological polar surface area (TPSA) is 68.3 Å². The molecule has 1 heterocycles. The van der Waals surface area contributed by atoms with Crippen LogP contribution in [0, 0.1) is 10.1 Å². The van der Waals surface area contributed by atoms with Crippen molar-refractivity contribution in [1.29, 1.82) is 0 Å². The number of nitrogens with zero attached hydrogens (tertiary/aromatic N) is 1. The summed E-state index contributed by atoms with van der Waals surface area (Å²) in [5, 5.41) is 13.8. The predicted molar refractivity (Wildman–Crippen MR) is 73.9 cm³/mol. The van der Waals surface area contributed by atoms with Crippen LogP contribution in [0.25, 0.3) is 0 Å². The van der Waals surface area contributed by atoms with E-state index in [1.165, 1.54) is 6.07 Å². The first-order chi connectivity index (χ1) is 8.56. The molecule has 0 radical (unpaired) electrons. The Balaban J connectivity index is 2.47. The van der Waals surface area contributed by atoms with Gasteiger partial charge in [-0.25, -0.2) is 0 Å². The minimum absolute atomic E-state index is 0.200. The van der Waals surface area contributed by atoms with Crippen molar-refractivity contribution >= 4 is 17.6 Å². The first kappa shape index (κ1) is 15.0. The third-order valence-corrected chi connectivity index (χ3v) is 4.88. The molecular formula is C12H20N2O3S. The van der Waals surface area contributed by atoms with E-state index in [-0.39, 0.29) is 10.6 Å². The van der Waals surface area contributed by atoms with Gasteiger partial charge in [0.05, 0.1) is 12.6 Å². The molecule has 5 nitrogen and oxygen atoms in total. The molecule has 1 aromatic heterocycles. The van der Waals surface area contributed by atoms with E-state index < -0.39 is 4.92 Å². The van der Waals surface area contributed by atoms with Crippen molar-refractivity contribution in [2.24, 2.45) is 0 Å². The lowest BCUT2D eigenvalue weighted by molar-refractivity contribution is -0.402. The molecule has 1 rings (SSSR count). The average molecular weight is 272 g/mol. The Morgan fingerprint density at radius 1 is 1.44 bits per heavy atom. The predicted octanol–water partition coefficient (Wildman–Crippen LogP) is 3.20. The van der Waals surface area contributed by atoms with Crippen LogP contribution in [0.3, 0.4) is 0 Å². The van der Waals surface area contributed by atoms with Gasteiger partial charge in [0.2, 0.25) is 0 Å². The maximum atomic E-state index is 10.5. The van der Waals surface area contributed by atoms with Gasteiger partial charge in [-0.15, -0.1) is 0 Å².